The lowest BCUT2D eigenvalue weighted by atomic mass is 10.3. The van der Waals surface area contributed by atoms with E-state index < -0.39 is 5.97 Å². The number of methoxy groups -OCH3 is 1. The zero-order valence-corrected chi connectivity index (χ0v) is 9.59. The third-order valence-electron chi connectivity index (χ3n) is 1.60. The second-order valence-electron chi connectivity index (χ2n) is 2.57. The molecule has 1 heterocycles. The summed E-state index contributed by atoms with van der Waals surface area (Å²) in [5, 5.41) is 3.04. The fraction of sp³-hybridized carbons (Fsp3) is 0.333. The molecule has 0 fully saturated rings. The van der Waals surface area contributed by atoms with Crippen LogP contribution < -0.4 is 5.32 Å². The third kappa shape index (κ3) is 2.45. The van der Waals surface area contributed by atoms with Gasteiger partial charge in [0.2, 0.25) is 0 Å². The van der Waals surface area contributed by atoms with Gasteiger partial charge in [0.25, 0.3) is 0 Å². The van der Waals surface area contributed by atoms with Crippen LogP contribution in [0.3, 0.4) is 0 Å². The number of nitrogens with zero attached hydrogens (tertiary/aromatic N) is 1. The number of nitrogens with one attached hydrogen (secondary N) is 1. The Morgan fingerprint density at radius 1 is 1.71 bits per heavy atom. The number of carbonyl (C=O) groups is 1. The van der Waals surface area contributed by atoms with Gasteiger partial charge in [-0.1, -0.05) is 0 Å². The summed E-state index contributed by atoms with van der Waals surface area (Å²) in [6.45, 7) is 2.67. The predicted octanol–water partition coefficient (Wildman–Crippen LogP) is 2.06. The van der Waals surface area contributed by atoms with Crippen molar-refractivity contribution in [3.63, 3.8) is 0 Å². The van der Waals surface area contributed by atoms with E-state index in [9.17, 15) is 4.79 Å². The highest BCUT2D eigenvalue weighted by atomic mass is 79.9. The van der Waals surface area contributed by atoms with E-state index in [1.165, 1.54) is 7.11 Å². The minimum absolute atomic E-state index is 0.303. The molecule has 1 rings (SSSR count). The van der Waals surface area contributed by atoms with Crippen LogP contribution in [0, 0.1) is 0 Å². The number of rotatable bonds is 3. The van der Waals surface area contributed by atoms with Gasteiger partial charge in [-0.15, -0.1) is 0 Å². The number of hydrogen-bond donors (Lipinski definition) is 1. The third-order valence-corrected chi connectivity index (χ3v) is 2.03. The van der Waals surface area contributed by atoms with E-state index in [0.717, 1.165) is 11.0 Å². The summed E-state index contributed by atoms with van der Waals surface area (Å²) in [5.41, 5.74) is 0.978. The molecule has 0 aliphatic rings. The molecule has 76 valence electrons. The molecule has 0 saturated carbocycles. The lowest BCUT2D eigenvalue weighted by Crippen LogP contribution is -2.10. The van der Waals surface area contributed by atoms with Crippen molar-refractivity contribution in [1.82, 2.24) is 4.98 Å². The maximum atomic E-state index is 11.3. The van der Waals surface area contributed by atoms with Crippen molar-refractivity contribution in [3.05, 3.63) is 22.4 Å². The zero-order chi connectivity index (χ0) is 10.6. The summed E-state index contributed by atoms with van der Waals surface area (Å²) in [6, 6.07) is 1.79. The predicted molar refractivity (Wildman–Crippen MR) is 57.4 cm³/mol. The van der Waals surface area contributed by atoms with Gasteiger partial charge in [0.05, 0.1) is 12.8 Å². The van der Waals surface area contributed by atoms with Crippen molar-refractivity contribution in [2.45, 2.75) is 6.92 Å². The highest BCUT2D eigenvalue weighted by molar-refractivity contribution is 9.10. The van der Waals surface area contributed by atoms with E-state index in [4.69, 9.17) is 0 Å². The standard InChI is InChI=1S/C9H11BrN2O2/c1-3-11-7-4-6(10)5-12-8(7)9(13)14-2/h4-5,11H,3H2,1-2H3. The van der Waals surface area contributed by atoms with Gasteiger partial charge < -0.3 is 10.1 Å². The number of esters is 1. The van der Waals surface area contributed by atoms with Crippen LogP contribution in [0.1, 0.15) is 17.4 Å². The summed E-state index contributed by atoms with van der Waals surface area (Å²) in [5.74, 6) is -0.437. The zero-order valence-electron chi connectivity index (χ0n) is 8.00. The first-order chi connectivity index (χ1) is 6.69. The van der Waals surface area contributed by atoms with Crippen LogP contribution in [0.25, 0.3) is 0 Å². The molecule has 0 unspecified atom stereocenters. The van der Waals surface area contributed by atoms with Crippen molar-refractivity contribution < 1.29 is 9.53 Å². The van der Waals surface area contributed by atoms with Gasteiger partial charge >= 0.3 is 5.97 Å². The van der Waals surface area contributed by atoms with Crippen molar-refractivity contribution in [2.75, 3.05) is 19.0 Å². The molecular weight excluding hydrogens is 248 g/mol. The molecule has 0 aliphatic heterocycles. The van der Waals surface area contributed by atoms with Gasteiger partial charge in [-0.25, -0.2) is 9.78 Å². The Balaban J connectivity index is 3.07. The molecule has 0 radical (unpaired) electrons. The van der Waals surface area contributed by atoms with E-state index in [1.54, 1.807) is 12.3 Å². The first-order valence-electron chi connectivity index (χ1n) is 4.16. The lowest BCUT2D eigenvalue weighted by Gasteiger charge is -2.07. The van der Waals surface area contributed by atoms with Crippen LogP contribution in [0.2, 0.25) is 0 Å². The Bertz CT molecular complexity index is 342. The smallest absolute Gasteiger partial charge is 0.358 e. The number of pyridine rings is 1. The summed E-state index contributed by atoms with van der Waals surface area (Å²) >= 11 is 3.28. The Kier molecular flexibility index (Phi) is 3.88. The van der Waals surface area contributed by atoms with Gasteiger partial charge in [0, 0.05) is 17.2 Å². The number of anilines is 1. The summed E-state index contributed by atoms with van der Waals surface area (Å²) in [4.78, 5) is 15.3. The molecule has 0 aromatic carbocycles. The molecular formula is C9H11BrN2O2. The second-order valence-corrected chi connectivity index (χ2v) is 3.49. The Morgan fingerprint density at radius 2 is 2.43 bits per heavy atom. The molecule has 0 aliphatic carbocycles. The molecule has 0 atom stereocenters. The number of carbonyl (C=O) groups excluding carboxylic acids is 1. The van der Waals surface area contributed by atoms with Crippen molar-refractivity contribution in [3.8, 4) is 0 Å². The van der Waals surface area contributed by atoms with Crippen LogP contribution in [-0.4, -0.2) is 24.6 Å². The van der Waals surface area contributed by atoms with Gasteiger partial charge in [-0.2, -0.15) is 0 Å². The fourth-order valence-corrected chi connectivity index (χ4v) is 1.36. The minimum Gasteiger partial charge on any atom is -0.464 e. The van der Waals surface area contributed by atoms with Crippen molar-refractivity contribution >= 4 is 27.6 Å². The maximum absolute atomic E-state index is 11.3. The van der Waals surface area contributed by atoms with Crippen LogP contribution in [0.4, 0.5) is 5.69 Å². The van der Waals surface area contributed by atoms with E-state index in [2.05, 4.69) is 31.0 Å². The molecule has 5 heteroatoms. The number of halogens is 1. The largest absolute Gasteiger partial charge is 0.464 e. The Morgan fingerprint density at radius 3 is 3.00 bits per heavy atom. The molecule has 1 aromatic heterocycles. The average Bonchev–Trinajstić information content (AvgIpc) is 2.17. The van der Waals surface area contributed by atoms with Crippen molar-refractivity contribution in [2.24, 2.45) is 0 Å². The minimum atomic E-state index is -0.437. The number of aromatic nitrogens is 1. The summed E-state index contributed by atoms with van der Waals surface area (Å²) < 4.78 is 5.43. The summed E-state index contributed by atoms with van der Waals surface area (Å²) in [7, 11) is 1.34. The molecule has 14 heavy (non-hydrogen) atoms. The van der Waals surface area contributed by atoms with Crippen LogP contribution in [0.15, 0.2) is 16.7 Å². The van der Waals surface area contributed by atoms with E-state index in [1.807, 2.05) is 6.92 Å². The second kappa shape index (κ2) is 4.95. The highest BCUT2D eigenvalue weighted by Crippen LogP contribution is 2.19. The van der Waals surface area contributed by atoms with Crippen LogP contribution in [-0.2, 0) is 4.74 Å². The molecule has 4 nitrogen and oxygen atoms in total. The fourth-order valence-electron chi connectivity index (χ4n) is 1.02. The Labute approximate surface area is 90.8 Å². The van der Waals surface area contributed by atoms with Gasteiger partial charge in [0.15, 0.2) is 5.69 Å². The monoisotopic (exact) mass is 258 g/mol. The molecule has 0 spiro atoms. The van der Waals surface area contributed by atoms with E-state index >= 15 is 0 Å². The van der Waals surface area contributed by atoms with Gasteiger partial charge in [0.1, 0.15) is 0 Å². The first-order valence-corrected chi connectivity index (χ1v) is 4.96. The highest BCUT2D eigenvalue weighted by Gasteiger charge is 2.13. The Hall–Kier alpha value is -1.10. The maximum Gasteiger partial charge on any atom is 0.358 e. The SMILES string of the molecule is CCNc1cc(Br)cnc1C(=O)OC. The summed E-state index contributed by atoms with van der Waals surface area (Å²) in [6.07, 6.45) is 1.56. The quantitative estimate of drug-likeness (QED) is 0.844. The molecule has 0 amide bonds. The lowest BCUT2D eigenvalue weighted by molar-refractivity contribution is 0.0595. The molecule has 0 saturated heterocycles. The first kappa shape index (κ1) is 11.0. The molecule has 1 aromatic rings. The van der Waals surface area contributed by atoms with Gasteiger partial charge in [-0.3, -0.25) is 0 Å². The molecule has 1 N–H and O–H groups in total. The number of hydrogen-bond acceptors (Lipinski definition) is 4. The van der Waals surface area contributed by atoms with Gasteiger partial charge in [-0.05, 0) is 28.9 Å². The topological polar surface area (TPSA) is 51.2 Å². The van der Waals surface area contributed by atoms with E-state index in [0.29, 0.717) is 11.4 Å². The van der Waals surface area contributed by atoms with Crippen LogP contribution in [0.5, 0.6) is 0 Å². The van der Waals surface area contributed by atoms with Crippen molar-refractivity contribution in [1.29, 1.82) is 0 Å². The molecule has 0 bridgehead atoms. The number of ether oxygens (including phenoxy) is 1. The normalized spacial score (nSPS) is 9.64. The van der Waals surface area contributed by atoms with Crippen LogP contribution >= 0.6 is 15.9 Å². The average molecular weight is 259 g/mol. The van der Waals surface area contributed by atoms with E-state index in [-0.39, 0.29) is 0 Å².